The van der Waals surface area contributed by atoms with Crippen molar-refractivity contribution in [2.75, 3.05) is 18.1 Å². The number of halogens is 1. The predicted octanol–water partition coefficient (Wildman–Crippen LogP) is 4.34. The Bertz CT molecular complexity index is 1330. The molecule has 1 atom stereocenters. The lowest BCUT2D eigenvalue weighted by atomic mass is 9.81. The van der Waals surface area contributed by atoms with Crippen LogP contribution in [0.2, 0.25) is 5.02 Å². The first kappa shape index (κ1) is 23.8. The van der Waals surface area contributed by atoms with Crippen LogP contribution < -0.4 is 16.0 Å². The summed E-state index contributed by atoms with van der Waals surface area (Å²) in [6.45, 7) is 0.529. The molecule has 3 N–H and O–H groups in total. The second kappa shape index (κ2) is 9.48. The van der Waals surface area contributed by atoms with Gasteiger partial charge in [-0.05, 0) is 54.3 Å². The van der Waals surface area contributed by atoms with Gasteiger partial charge >= 0.3 is 6.03 Å². The summed E-state index contributed by atoms with van der Waals surface area (Å²) < 4.78 is 24.4. The monoisotopic (exact) mass is 497 g/mol. The van der Waals surface area contributed by atoms with E-state index in [1.54, 1.807) is 72.8 Å². The molecule has 0 aromatic heterocycles. The Hall–Kier alpha value is -3.36. The highest BCUT2D eigenvalue weighted by Crippen LogP contribution is 2.33. The number of rotatable bonds is 5. The molecule has 1 fully saturated rings. The number of piperidine rings is 1. The molecule has 1 heterocycles. The van der Waals surface area contributed by atoms with Crippen LogP contribution in [0.25, 0.3) is 11.1 Å². The van der Waals surface area contributed by atoms with Crippen LogP contribution in [0.4, 0.5) is 10.5 Å². The van der Waals surface area contributed by atoms with Gasteiger partial charge in [-0.1, -0.05) is 54.1 Å². The number of amides is 3. The van der Waals surface area contributed by atoms with E-state index in [9.17, 15) is 18.0 Å². The van der Waals surface area contributed by atoms with Crippen LogP contribution >= 0.6 is 11.6 Å². The van der Waals surface area contributed by atoms with E-state index < -0.39 is 21.4 Å². The lowest BCUT2D eigenvalue weighted by Crippen LogP contribution is -2.60. The highest BCUT2D eigenvalue weighted by atomic mass is 35.5. The van der Waals surface area contributed by atoms with Crippen molar-refractivity contribution >= 4 is 39.1 Å². The lowest BCUT2D eigenvalue weighted by Gasteiger charge is -2.37. The van der Waals surface area contributed by atoms with E-state index in [0.717, 1.165) is 0 Å². The Labute approximate surface area is 203 Å². The minimum absolute atomic E-state index is 0.230. The molecule has 1 aliphatic heterocycles. The number of anilines is 1. The van der Waals surface area contributed by atoms with Gasteiger partial charge in [0.1, 0.15) is 5.54 Å². The van der Waals surface area contributed by atoms with Crippen molar-refractivity contribution in [2.45, 2.75) is 23.3 Å². The van der Waals surface area contributed by atoms with E-state index in [1.165, 1.54) is 6.26 Å². The van der Waals surface area contributed by atoms with E-state index in [2.05, 4.69) is 16.0 Å². The molecule has 0 spiro atoms. The topological polar surface area (TPSA) is 104 Å². The molecular weight excluding hydrogens is 474 g/mol. The standard InChI is InChI=1S/C25H24ClN3O4S/c1-34(32,33)22-6-3-2-5-21(22)17-7-9-18(10-8-17)25(15-4-16-27-23(25)30)29-24(31)28-20-13-11-19(26)12-14-20/h2-3,5-14H,4,15-16H2,1H3,(H,27,30)(H2,28,29,31)/t25-/m1/s1. The van der Waals surface area contributed by atoms with Crippen molar-refractivity contribution < 1.29 is 18.0 Å². The molecule has 7 nitrogen and oxygen atoms in total. The quantitative estimate of drug-likeness (QED) is 0.487. The van der Waals surface area contributed by atoms with Gasteiger partial charge in [0.2, 0.25) is 5.91 Å². The van der Waals surface area contributed by atoms with Gasteiger partial charge in [0, 0.05) is 29.1 Å². The predicted molar refractivity (Wildman–Crippen MR) is 133 cm³/mol. The van der Waals surface area contributed by atoms with Crippen LogP contribution in [0, 0.1) is 0 Å². The minimum atomic E-state index is -3.42. The van der Waals surface area contributed by atoms with Gasteiger partial charge in [0.05, 0.1) is 4.90 Å². The molecule has 0 saturated carbocycles. The third-order valence-corrected chi connectivity index (χ3v) is 7.21. The Morgan fingerprint density at radius 1 is 1.00 bits per heavy atom. The second-order valence-corrected chi connectivity index (χ2v) is 10.6. The fourth-order valence-corrected chi connectivity index (χ4v) is 5.18. The molecular formula is C25H24ClN3O4S. The molecule has 4 rings (SSSR count). The van der Waals surface area contributed by atoms with Crippen LogP contribution in [0.1, 0.15) is 18.4 Å². The zero-order valence-electron chi connectivity index (χ0n) is 18.5. The maximum atomic E-state index is 13.0. The van der Waals surface area contributed by atoms with Gasteiger partial charge in [-0.2, -0.15) is 0 Å². The highest BCUT2D eigenvalue weighted by Gasteiger charge is 2.43. The molecule has 3 amide bonds. The molecule has 9 heteroatoms. The normalized spacial score (nSPS) is 18.1. The van der Waals surface area contributed by atoms with Gasteiger partial charge in [-0.25, -0.2) is 13.2 Å². The first-order valence-corrected chi connectivity index (χ1v) is 13.0. The smallest absolute Gasteiger partial charge is 0.320 e. The number of sulfone groups is 1. The Morgan fingerprint density at radius 3 is 2.32 bits per heavy atom. The van der Waals surface area contributed by atoms with Crippen LogP contribution in [-0.2, 0) is 20.2 Å². The largest absolute Gasteiger partial charge is 0.354 e. The third-order valence-electron chi connectivity index (χ3n) is 5.81. The molecule has 1 aliphatic rings. The number of hydrogen-bond acceptors (Lipinski definition) is 4. The SMILES string of the molecule is CS(=O)(=O)c1ccccc1-c1ccc([C@]2(NC(=O)Nc3ccc(Cl)cc3)CCCNC2=O)cc1. The summed E-state index contributed by atoms with van der Waals surface area (Å²) in [6.07, 6.45) is 2.28. The van der Waals surface area contributed by atoms with Crippen LogP contribution in [0.15, 0.2) is 77.7 Å². The summed E-state index contributed by atoms with van der Waals surface area (Å²) >= 11 is 5.90. The van der Waals surface area contributed by atoms with Gasteiger partial charge in [-0.15, -0.1) is 0 Å². The Morgan fingerprint density at radius 2 is 1.68 bits per heavy atom. The first-order chi connectivity index (χ1) is 16.2. The van der Waals surface area contributed by atoms with Gasteiger partial charge in [0.15, 0.2) is 9.84 Å². The Balaban J connectivity index is 1.65. The molecule has 176 valence electrons. The van der Waals surface area contributed by atoms with Gasteiger partial charge in [0.25, 0.3) is 0 Å². The first-order valence-electron chi connectivity index (χ1n) is 10.7. The molecule has 34 heavy (non-hydrogen) atoms. The zero-order chi connectivity index (χ0) is 24.3. The van der Waals surface area contributed by atoms with Gasteiger partial charge < -0.3 is 16.0 Å². The van der Waals surface area contributed by atoms with Crippen LogP contribution in [0.3, 0.4) is 0 Å². The van der Waals surface area contributed by atoms with Gasteiger partial charge in [-0.3, -0.25) is 4.79 Å². The summed E-state index contributed by atoms with van der Waals surface area (Å²) in [7, 11) is -3.42. The number of nitrogens with one attached hydrogen (secondary N) is 3. The van der Waals surface area contributed by atoms with E-state index in [1.807, 2.05) is 0 Å². The van der Waals surface area contributed by atoms with Crippen LogP contribution in [-0.4, -0.2) is 33.2 Å². The highest BCUT2D eigenvalue weighted by molar-refractivity contribution is 7.90. The molecule has 0 radical (unpaired) electrons. The maximum absolute atomic E-state index is 13.0. The van der Waals surface area contributed by atoms with E-state index in [4.69, 9.17) is 11.6 Å². The number of carbonyl (C=O) groups is 2. The van der Waals surface area contributed by atoms with Crippen molar-refractivity contribution in [3.63, 3.8) is 0 Å². The summed E-state index contributed by atoms with van der Waals surface area (Å²) in [6, 6.07) is 19.9. The minimum Gasteiger partial charge on any atom is -0.354 e. The number of carbonyl (C=O) groups excluding carboxylic acids is 2. The summed E-state index contributed by atoms with van der Waals surface area (Å²) in [5.41, 5.74) is 1.16. The average molecular weight is 498 g/mol. The molecule has 3 aromatic rings. The van der Waals surface area contributed by atoms with Crippen LogP contribution in [0.5, 0.6) is 0 Å². The fraction of sp³-hybridized carbons (Fsp3) is 0.200. The van der Waals surface area contributed by atoms with Crippen molar-refractivity contribution in [1.29, 1.82) is 0 Å². The van der Waals surface area contributed by atoms with E-state index in [-0.39, 0.29) is 10.8 Å². The molecule has 0 unspecified atom stereocenters. The van der Waals surface area contributed by atoms with E-state index >= 15 is 0 Å². The lowest BCUT2D eigenvalue weighted by molar-refractivity contribution is -0.129. The molecule has 0 bridgehead atoms. The molecule has 0 aliphatic carbocycles. The molecule has 1 saturated heterocycles. The summed E-state index contributed by atoms with van der Waals surface area (Å²) in [4.78, 5) is 26.1. The Kier molecular flexibility index (Phi) is 6.63. The fourth-order valence-electron chi connectivity index (χ4n) is 4.14. The number of urea groups is 1. The average Bonchev–Trinajstić information content (AvgIpc) is 2.82. The second-order valence-electron chi connectivity index (χ2n) is 8.20. The molecule has 3 aromatic carbocycles. The maximum Gasteiger partial charge on any atom is 0.320 e. The van der Waals surface area contributed by atoms with Crippen molar-refractivity contribution in [1.82, 2.24) is 10.6 Å². The zero-order valence-corrected chi connectivity index (χ0v) is 20.0. The number of benzene rings is 3. The summed E-state index contributed by atoms with van der Waals surface area (Å²) in [5.74, 6) is -0.297. The summed E-state index contributed by atoms with van der Waals surface area (Å²) in [5, 5.41) is 9.00. The van der Waals surface area contributed by atoms with Crippen molar-refractivity contribution in [3.05, 3.63) is 83.4 Å². The van der Waals surface area contributed by atoms with Crippen molar-refractivity contribution in [3.8, 4) is 11.1 Å². The number of hydrogen-bond donors (Lipinski definition) is 3. The van der Waals surface area contributed by atoms with Crippen molar-refractivity contribution in [2.24, 2.45) is 0 Å². The van der Waals surface area contributed by atoms with E-state index in [0.29, 0.717) is 46.8 Å². The third kappa shape index (κ3) is 4.93.